The number of ether oxygens (including phenoxy) is 1. The molecule has 0 spiro atoms. The zero-order valence-corrected chi connectivity index (χ0v) is 18.9. The maximum atomic E-state index is 13.7. The van der Waals surface area contributed by atoms with Crippen LogP contribution in [0.2, 0.25) is 0 Å². The van der Waals surface area contributed by atoms with Gasteiger partial charge in [-0.15, -0.1) is 0 Å². The quantitative estimate of drug-likeness (QED) is 0.740. The second-order valence-corrected chi connectivity index (χ2v) is 9.47. The van der Waals surface area contributed by atoms with Gasteiger partial charge in [0.1, 0.15) is 11.8 Å². The second-order valence-electron chi connectivity index (χ2n) is 8.39. The molecular formula is C23H27N3O4S. The van der Waals surface area contributed by atoms with Crippen molar-refractivity contribution in [3.63, 3.8) is 0 Å². The summed E-state index contributed by atoms with van der Waals surface area (Å²) in [4.78, 5) is 44.8. The Kier molecular flexibility index (Phi) is 7.00. The van der Waals surface area contributed by atoms with Crippen LogP contribution in [0, 0.1) is 5.92 Å². The van der Waals surface area contributed by atoms with Crippen LogP contribution >= 0.6 is 11.8 Å². The highest BCUT2D eigenvalue weighted by Crippen LogP contribution is 2.38. The third-order valence-electron chi connectivity index (χ3n) is 4.79. The number of carbonyl (C=O) groups is 3. The maximum Gasteiger partial charge on any atom is 0.248 e. The number of carbonyl (C=O) groups excluding carboxylic acids is 3. The van der Waals surface area contributed by atoms with E-state index in [0.717, 1.165) is 11.8 Å². The van der Waals surface area contributed by atoms with Crippen molar-refractivity contribution in [3.8, 4) is 5.75 Å². The highest BCUT2D eigenvalue weighted by atomic mass is 32.2. The Morgan fingerprint density at radius 1 is 1.23 bits per heavy atom. The van der Waals surface area contributed by atoms with E-state index in [0.29, 0.717) is 22.8 Å². The molecule has 2 heterocycles. The van der Waals surface area contributed by atoms with Crippen molar-refractivity contribution in [1.82, 2.24) is 10.3 Å². The summed E-state index contributed by atoms with van der Waals surface area (Å²) in [6, 6.07) is 9.59. The zero-order chi connectivity index (χ0) is 22.6. The minimum absolute atomic E-state index is 0.0182. The number of amides is 2. The molecular weight excluding hydrogens is 414 g/mol. The van der Waals surface area contributed by atoms with Gasteiger partial charge in [0.15, 0.2) is 5.12 Å². The molecule has 1 aliphatic heterocycles. The molecule has 164 valence electrons. The number of thioether (sulfide) groups is 1. The smallest absolute Gasteiger partial charge is 0.248 e. The topological polar surface area (TPSA) is 88.6 Å². The number of benzene rings is 1. The number of nitrogens with one attached hydrogen (secondary N) is 1. The van der Waals surface area contributed by atoms with Gasteiger partial charge >= 0.3 is 0 Å². The molecule has 31 heavy (non-hydrogen) atoms. The Bertz CT molecular complexity index is 959. The summed E-state index contributed by atoms with van der Waals surface area (Å²) in [6.07, 6.45) is 3.34. The largest absolute Gasteiger partial charge is 0.495 e. The standard InChI is InChI=1S/C23H27N3O4S/c1-23(2,3)25-21(28)20(15-8-7-11-24-13-15)26(17-9-5-6-10-18(17)30-4)22(29)16-12-19(27)31-14-16/h5-11,13,16,20H,12,14H2,1-4H3,(H,25,28)/t16-,20-/m0/s1. The number of hydrogen-bond acceptors (Lipinski definition) is 6. The van der Waals surface area contributed by atoms with Gasteiger partial charge in [0.25, 0.3) is 0 Å². The Hall–Kier alpha value is -2.87. The van der Waals surface area contributed by atoms with E-state index in [1.165, 1.54) is 12.0 Å². The summed E-state index contributed by atoms with van der Waals surface area (Å²) in [7, 11) is 1.52. The molecule has 1 N–H and O–H groups in total. The SMILES string of the molecule is COc1ccccc1N(C(=O)[C@@H]1CSC(=O)C1)[C@H](C(=O)NC(C)(C)C)c1cccnc1. The fourth-order valence-electron chi connectivity index (χ4n) is 3.48. The first kappa shape index (κ1) is 22.8. The summed E-state index contributed by atoms with van der Waals surface area (Å²) in [5.41, 5.74) is 0.532. The van der Waals surface area contributed by atoms with Crippen molar-refractivity contribution < 1.29 is 19.1 Å². The van der Waals surface area contributed by atoms with Gasteiger partial charge in [0.2, 0.25) is 11.8 Å². The minimum Gasteiger partial charge on any atom is -0.495 e. The lowest BCUT2D eigenvalue weighted by atomic mass is 9.99. The average molecular weight is 442 g/mol. The van der Waals surface area contributed by atoms with Gasteiger partial charge in [-0.05, 0) is 39.0 Å². The second kappa shape index (κ2) is 9.51. The molecule has 1 aliphatic rings. The van der Waals surface area contributed by atoms with Crippen molar-refractivity contribution >= 4 is 34.4 Å². The van der Waals surface area contributed by atoms with E-state index >= 15 is 0 Å². The van der Waals surface area contributed by atoms with Gasteiger partial charge in [-0.2, -0.15) is 0 Å². The Balaban J connectivity index is 2.16. The van der Waals surface area contributed by atoms with Crippen LogP contribution in [0.25, 0.3) is 0 Å². The van der Waals surface area contributed by atoms with Gasteiger partial charge in [-0.3, -0.25) is 24.3 Å². The number of para-hydroxylation sites is 2. The van der Waals surface area contributed by atoms with E-state index in [9.17, 15) is 14.4 Å². The van der Waals surface area contributed by atoms with E-state index in [4.69, 9.17) is 4.74 Å². The zero-order valence-electron chi connectivity index (χ0n) is 18.1. The minimum atomic E-state index is -0.975. The van der Waals surface area contributed by atoms with Crippen molar-refractivity contribution in [1.29, 1.82) is 0 Å². The van der Waals surface area contributed by atoms with Crippen LogP contribution in [0.15, 0.2) is 48.8 Å². The fourth-order valence-corrected chi connectivity index (χ4v) is 4.44. The van der Waals surface area contributed by atoms with E-state index < -0.39 is 17.5 Å². The van der Waals surface area contributed by atoms with Gasteiger partial charge < -0.3 is 10.1 Å². The van der Waals surface area contributed by atoms with Gasteiger partial charge in [0.05, 0.1) is 18.7 Å². The molecule has 0 radical (unpaired) electrons. The highest BCUT2D eigenvalue weighted by molar-refractivity contribution is 8.14. The molecule has 0 bridgehead atoms. The first-order valence-corrected chi connectivity index (χ1v) is 11.0. The lowest BCUT2D eigenvalue weighted by Gasteiger charge is -2.35. The Morgan fingerprint density at radius 2 is 1.97 bits per heavy atom. The summed E-state index contributed by atoms with van der Waals surface area (Å²) in [5.74, 6) is -0.281. The van der Waals surface area contributed by atoms with Crippen LogP contribution in [-0.2, 0) is 14.4 Å². The van der Waals surface area contributed by atoms with Crippen molar-refractivity contribution in [2.75, 3.05) is 17.8 Å². The van der Waals surface area contributed by atoms with Crippen LogP contribution in [0.1, 0.15) is 38.8 Å². The predicted octanol–water partition coefficient (Wildman–Crippen LogP) is 3.36. The molecule has 0 unspecified atom stereocenters. The molecule has 2 atom stereocenters. The number of anilines is 1. The van der Waals surface area contributed by atoms with Crippen LogP contribution in [0.5, 0.6) is 5.75 Å². The van der Waals surface area contributed by atoms with Gasteiger partial charge in [-0.1, -0.05) is 30.0 Å². The molecule has 1 aromatic heterocycles. The van der Waals surface area contributed by atoms with E-state index in [1.54, 1.807) is 48.8 Å². The lowest BCUT2D eigenvalue weighted by molar-refractivity contribution is -0.129. The fraction of sp³-hybridized carbons (Fsp3) is 0.391. The third kappa shape index (κ3) is 5.44. The van der Waals surface area contributed by atoms with Crippen molar-refractivity contribution in [3.05, 3.63) is 54.4 Å². The molecule has 1 aromatic carbocycles. The number of methoxy groups -OCH3 is 1. The number of aromatic nitrogens is 1. The van der Waals surface area contributed by atoms with E-state index in [-0.39, 0.29) is 23.4 Å². The first-order chi connectivity index (χ1) is 14.7. The number of hydrogen-bond donors (Lipinski definition) is 1. The lowest BCUT2D eigenvalue weighted by Crippen LogP contribution is -2.50. The molecule has 2 aromatic rings. The molecule has 0 aliphatic carbocycles. The van der Waals surface area contributed by atoms with Crippen molar-refractivity contribution in [2.24, 2.45) is 5.92 Å². The summed E-state index contributed by atoms with van der Waals surface area (Å²) < 4.78 is 5.51. The monoisotopic (exact) mass is 441 g/mol. The van der Waals surface area contributed by atoms with Gasteiger partial charge in [-0.25, -0.2) is 0 Å². The maximum absolute atomic E-state index is 13.7. The average Bonchev–Trinajstić information content (AvgIpc) is 3.17. The Labute approximate surface area is 186 Å². The van der Waals surface area contributed by atoms with E-state index in [2.05, 4.69) is 10.3 Å². The van der Waals surface area contributed by atoms with E-state index in [1.807, 2.05) is 20.8 Å². The number of pyridine rings is 1. The molecule has 7 nitrogen and oxygen atoms in total. The molecule has 8 heteroatoms. The first-order valence-electron chi connectivity index (χ1n) is 10.0. The van der Waals surface area contributed by atoms with Crippen LogP contribution in [0.4, 0.5) is 5.69 Å². The summed E-state index contributed by atoms with van der Waals surface area (Å²) in [6.45, 7) is 5.65. The van der Waals surface area contributed by atoms with Crippen LogP contribution < -0.4 is 15.0 Å². The number of nitrogens with zero attached hydrogens (tertiary/aromatic N) is 2. The van der Waals surface area contributed by atoms with Crippen LogP contribution in [0.3, 0.4) is 0 Å². The highest BCUT2D eigenvalue weighted by Gasteiger charge is 2.40. The molecule has 0 saturated carbocycles. The van der Waals surface area contributed by atoms with Crippen LogP contribution in [-0.4, -0.2) is 40.3 Å². The normalized spacial score (nSPS) is 17.2. The summed E-state index contributed by atoms with van der Waals surface area (Å²) in [5, 5.41) is 2.97. The molecule has 2 amide bonds. The molecule has 1 fully saturated rings. The molecule has 1 saturated heterocycles. The predicted molar refractivity (Wildman–Crippen MR) is 121 cm³/mol. The van der Waals surface area contributed by atoms with Crippen molar-refractivity contribution in [2.45, 2.75) is 38.8 Å². The Morgan fingerprint density at radius 3 is 2.55 bits per heavy atom. The number of rotatable bonds is 6. The molecule has 3 rings (SSSR count). The summed E-state index contributed by atoms with van der Waals surface area (Å²) >= 11 is 1.15. The van der Waals surface area contributed by atoms with Gasteiger partial charge in [0, 0.05) is 35.7 Å². The third-order valence-corrected chi connectivity index (χ3v) is 5.85.